The molecular formula is C8H11N3O2S. The van der Waals surface area contributed by atoms with Gasteiger partial charge in [0.1, 0.15) is 11.0 Å². The topological polar surface area (TPSA) is 81.1 Å². The van der Waals surface area contributed by atoms with Crippen LogP contribution in [0.25, 0.3) is 0 Å². The lowest BCUT2D eigenvalue weighted by Crippen LogP contribution is -2.24. The third-order valence-corrected chi connectivity index (χ3v) is 2.08. The highest BCUT2D eigenvalue weighted by Crippen LogP contribution is 2.13. The lowest BCUT2D eigenvalue weighted by molar-refractivity contribution is -0.141. The molecule has 0 aromatic carbocycles. The van der Waals surface area contributed by atoms with Gasteiger partial charge in [0.25, 0.3) is 0 Å². The van der Waals surface area contributed by atoms with Gasteiger partial charge in [-0.1, -0.05) is 19.1 Å². The number of thiocarbonyl (C=S) groups is 1. The Kier molecular flexibility index (Phi) is 3.19. The Balaban J connectivity index is 3.10. The van der Waals surface area contributed by atoms with Crippen LogP contribution < -0.4 is 5.73 Å². The third kappa shape index (κ3) is 1.90. The fourth-order valence-electron chi connectivity index (χ4n) is 1.25. The number of aliphatic carboxylic acids is 1. The molecule has 3 N–H and O–H groups in total. The Labute approximate surface area is 86.5 Å². The molecule has 0 aliphatic carbocycles. The Bertz CT molecular complexity index is 361. The number of hydrogen-bond donors (Lipinski definition) is 2. The summed E-state index contributed by atoms with van der Waals surface area (Å²) < 4.78 is 1.48. The number of carboxylic acid groups (broad SMARTS) is 1. The summed E-state index contributed by atoms with van der Waals surface area (Å²) in [6.07, 6.45) is 3.51. The number of hydrogen-bond acceptors (Lipinski definition) is 3. The molecule has 5 nitrogen and oxygen atoms in total. The van der Waals surface area contributed by atoms with E-state index in [1.54, 1.807) is 13.1 Å². The van der Waals surface area contributed by atoms with Gasteiger partial charge in [-0.3, -0.25) is 0 Å². The van der Waals surface area contributed by atoms with Crippen molar-refractivity contribution in [3.05, 3.63) is 18.2 Å². The highest BCUT2D eigenvalue weighted by Gasteiger charge is 2.20. The van der Waals surface area contributed by atoms with E-state index in [-0.39, 0.29) is 4.99 Å². The molecule has 0 aliphatic rings. The number of nitrogens with zero attached hydrogens (tertiary/aromatic N) is 2. The number of carbonyl (C=O) groups is 1. The lowest BCUT2D eigenvalue weighted by Gasteiger charge is -2.13. The van der Waals surface area contributed by atoms with E-state index in [9.17, 15) is 4.79 Å². The van der Waals surface area contributed by atoms with Crippen LogP contribution in [-0.4, -0.2) is 25.6 Å². The zero-order valence-corrected chi connectivity index (χ0v) is 8.49. The van der Waals surface area contributed by atoms with Gasteiger partial charge >= 0.3 is 5.97 Å². The van der Waals surface area contributed by atoms with E-state index in [2.05, 4.69) is 4.98 Å². The second-order valence-corrected chi connectivity index (χ2v) is 3.22. The second-order valence-electron chi connectivity index (χ2n) is 2.78. The maximum absolute atomic E-state index is 10.9. The highest BCUT2D eigenvalue weighted by molar-refractivity contribution is 7.80. The van der Waals surface area contributed by atoms with Crippen molar-refractivity contribution in [2.45, 2.75) is 19.4 Å². The van der Waals surface area contributed by atoms with E-state index < -0.39 is 12.0 Å². The normalized spacial score (nSPS) is 12.4. The Morgan fingerprint density at radius 1 is 1.86 bits per heavy atom. The van der Waals surface area contributed by atoms with Crippen molar-refractivity contribution in [1.29, 1.82) is 0 Å². The van der Waals surface area contributed by atoms with Gasteiger partial charge in [-0.15, -0.1) is 0 Å². The number of aromatic nitrogens is 2. The lowest BCUT2D eigenvalue weighted by atomic mass is 10.2. The van der Waals surface area contributed by atoms with Crippen molar-refractivity contribution in [2.24, 2.45) is 5.73 Å². The Morgan fingerprint density at radius 2 is 2.50 bits per heavy atom. The minimum Gasteiger partial charge on any atom is -0.480 e. The van der Waals surface area contributed by atoms with Crippen LogP contribution in [0.1, 0.15) is 25.2 Å². The fraction of sp³-hybridized carbons (Fsp3) is 0.375. The molecule has 0 radical (unpaired) electrons. The first-order valence-electron chi connectivity index (χ1n) is 4.13. The van der Waals surface area contributed by atoms with Crippen molar-refractivity contribution in [3.63, 3.8) is 0 Å². The summed E-state index contributed by atoms with van der Waals surface area (Å²) in [5.74, 6) is -0.572. The van der Waals surface area contributed by atoms with E-state index in [1.165, 1.54) is 10.8 Å². The number of imidazole rings is 1. The molecule has 0 amide bonds. The molecule has 0 saturated carbocycles. The monoisotopic (exact) mass is 213 g/mol. The molecular weight excluding hydrogens is 202 g/mol. The Hall–Kier alpha value is -1.43. The SMILES string of the molecule is CCC(C(=O)O)n1ccnc1C(N)=S. The molecule has 1 heterocycles. The van der Waals surface area contributed by atoms with Gasteiger partial charge in [0, 0.05) is 12.4 Å². The van der Waals surface area contributed by atoms with E-state index in [0.29, 0.717) is 12.2 Å². The van der Waals surface area contributed by atoms with Crippen molar-refractivity contribution in [3.8, 4) is 0 Å². The van der Waals surface area contributed by atoms with Crippen molar-refractivity contribution in [2.75, 3.05) is 0 Å². The summed E-state index contributed by atoms with van der Waals surface area (Å²) in [6, 6.07) is -0.658. The van der Waals surface area contributed by atoms with Crippen LogP contribution in [0, 0.1) is 0 Å². The molecule has 14 heavy (non-hydrogen) atoms. The van der Waals surface area contributed by atoms with Gasteiger partial charge in [0.05, 0.1) is 0 Å². The Morgan fingerprint density at radius 3 is 2.93 bits per heavy atom. The van der Waals surface area contributed by atoms with E-state index in [0.717, 1.165) is 0 Å². The van der Waals surface area contributed by atoms with E-state index in [1.807, 2.05) is 0 Å². The zero-order valence-electron chi connectivity index (χ0n) is 7.67. The highest BCUT2D eigenvalue weighted by atomic mass is 32.1. The van der Waals surface area contributed by atoms with Crippen LogP contribution >= 0.6 is 12.2 Å². The molecule has 0 spiro atoms. The van der Waals surface area contributed by atoms with Crippen molar-refractivity contribution in [1.82, 2.24) is 9.55 Å². The smallest absolute Gasteiger partial charge is 0.326 e. The van der Waals surface area contributed by atoms with Gasteiger partial charge < -0.3 is 15.4 Å². The maximum Gasteiger partial charge on any atom is 0.326 e. The van der Waals surface area contributed by atoms with Gasteiger partial charge in [-0.05, 0) is 6.42 Å². The average Bonchev–Trinajstić information content (AvgIpc) is 2.53. The average molecular weight is 213 g/mol. The number of carboxylic acids is 1. The van der Waals surface area contributed by atoms with Gasteiger partial charge in [0.2, 0.25) is 0 Å². The minimum absolute atomic E-state index is 0.106. The zero-order chi connectivity index (χ0) is 10.7. The predicted octanol–water partition coefficient (Wildman–Crippen LogP) is 0.553. The summed E-state index contributed by atoms with van der Waals surface area (Å²) in [6.45, 7) is 1.78. The third-order valence-electron chi connectivity index (χ3n) is 1.90. The van der Waals surface area contributed by atoms with Gasteiger partial charge in [-0.25, -0.2) is 9.78 Å². The molecule has 0 fully saturated rings. The predicted molar refractivity (Wildman–Crippen MR) is 55.1 cm³/mol. The molecule has 1 aromatic rings. The molecule has 1 aromatic heterocycles. The first-order valence-corrected chi connectivity index (χ1v) is 4.54. The van der Waals surface area contributed by atoms with E-state index in [4.69, 9.17) is 23.1 Å². The van der Waals surface area contributed by atoms with Crippen LogP contribution in [-0.2, 0) is 4.79 Å². The quantitative estimate of drug-likeness (QED) is 0.714. The molecule has 0 aliphatic heterocycles. The van der Waals surface area contributed by atoms with Gasteiger partial charge in [-0.2, -0.15) is 0 Å². The molecule has 0 saturated heterocycles. The minimum atomic E-state index is -0.914. The van der Waals surface area contributed by atoms with Crippen molar-refractivity contribution < 1.29 is 9.90 Å². The molecule has 76 valence electrons. The summed E-state index contributed by atoms with van der Waals surface area (Å²) in [4.78, 5) is 14.9. The molecule has 1 atom stereocenters. The molecule has 1 unspecified atom stereocenters. The summed E-state index contributed by atoms with van der Waals surface area (Å²) in [5.41, 5.74) is 5.41. The van der Waals surface area contributed by atoms with Crippen LogP contribution in [0.15, 0.2) is 12.4 Å². The first kappa shape index (κ1) is 10.6. The summed E-state index contributed by atoms with van der Waals surface area (Å²) in [5, 5.41) is 8.92. The molecule has 6 heteroatoms. The number of nitrogens with two attached hydrogens (primary N) is 1. The largest absolute Gasteiger partial charge is 0.480 e. The molecule has 0 bridgehead atoms. The van der Waals surface area contributed by atoms with Crippen LogP contribution in [0.2, 0.25) is 0 Å². The van der Waals surface area contributed by atoms with Crippen LogP contribution in [0.5, 0.6) is 0 Å². The summed E-state index contributed by atoms with van der Waals surface area (Å²) >= 11 is 4.76. The first-order chi connectivity index (χ1) is 6.57. The van der Waals surface area contributed by atoms with Gasteiger partial charge in [0.15, 0.2) is 5.82 Å². The van der Waals surface area contributed by atoms with Crippen molar-refractivity contribution >= 4 is 23.2 Å². The number of rotatable bonds is 4. The van der Waals surface area contributed by atoms with E-state index >= 15 is 0 Å². The van der Waals surface area contributed by atoms with Crippen LogP contribution in [0.3, 0.4) is 0 Å². The summed E-state index contributed by atoms with van der Waals surface area (Å²) in [7, 11) is 0. The van der Waals surface area contributed by atoms with Crippen LogP contribution in [0.4, 0.5) is 0 Å². The second kappa shape index (κ2) is 4.19. The molecule has 1 rings (SSSR count). The fourth-order valence-corrected chi connectivity index (χ4v) is 1.40. The maximum atomic E-state index is 10.9. The standard InChI is InChI=1S/C8H11N3O2S/c1-2-5(8(12)13)11-4-3-10-7(11)6(9)14/h3-5H,2H2,1H3,(H2,9,14)(H,12,13).